The second-order valence-corrected chi connectivity index (χ2v) is 10.4. The van der Waals surface area contributed by atoms with E-state index in [1.54, 1.807) is 24.5 Å². The molecular weight excluding hydrogens is 544 g/mol. The normalized spacial score (nSPS) is 17.0. The summed E-state index contributed by atoms with van der Waals surface area (Å²) in [7, 11) is 0. The molecule has 11 nitrogen and oxygen atoms in total. The molecule has 0 bridgehead atoms. The van der Waals surface area contributed by atoms with Gasteiger partial charge in [0.05, 0.1) is 47.6 Å². The summed E-state index contributed by atoms with van der Waals surface area (Å²) in [5, 5.41) is 6.44. The molecule has 0 aliphatic carbocycles. The minimum absolute atomic E-state index is 0.221. The first-order chi connectivity index (χ1) is 19.9. The lowest BCUT2D eigenvalue weighted by molar-refractivity contribution is -0.113. The Hall–Kier alpha value is -4.94. The maximum atomic E-state index is 13.5. The highest BCUT2D eigenvalue weighted by Crippen LogP contribution is 2.46. The van der Waals surface area contributed by atoms with E-state index in [-0.39, 0.29) is 25.0 Å². The number of carbonyl (C=O) groups is 3. The Morgan fingerprint density at radius 2 is 2.10 bits per heavy atom. The van der Waals surface area contributed by atoms with Crippen LogP contribution in [0.5, 0.6) is 11.6 Å². The zero-order valence-electron chi connectivity index (χ0n) is 21.9. The number of nitrogens with one attached hydrogen (secondary N) is 2. The Morgan fingerprint density at radius 3 is 2.88 bits per heavy atom. The first-order valence-electron chi connectivity index (χ1n) is 12.7. The summed E-state index contributed by atoms with van der Waals surface area (Å²) < 4.78 is 11.3. The van der Waals surface area contributed by atoms with Crippen molar-refractivity contribution in [1.29, 1.82) is 0 Å². The predicted octanol–water partition coefficient (Wildman–Crippen LogP) is 5.01. The molecule has 12 heteroatoms. The van der Waals surface area contributed by atoms with Gasteiger partial charge in [-0.1, -0.05) is 24.8 Å². The Morgan fingerprint density at radius 1 is 1.27 bits per heavy atom. The van der Waals surface area contributed by atoms with Crippen LogP contribution in [0.1, 0.15) is 15.2 Å². The van der Waals surface area contributed by atoms with Gasteiger partial charge in [-0.3, -0.25) is 14.5 Å². The van der Waals surface area contributed by atoms with E-state index in [2.05, 4.69) is 32.2 Å². The highest BCUT2D eigenvalue weighted by Gasteiger charge is 2.34. The fraction of sp³-hybridized carbons (Fsp3) is 0.172. The Labute approximate surface area is 238 Å². The number of para-hydroxylation sites is 1. The van der Waals surface area contributed by atoms with Gasteiger partial charge in [0.25, 0.3) is 11.8 Å². The molecule has 1 fully saturated rings. The first kappa shape index (κ1) is 26.3. The number of rotatable bonds is 7. The second kappa shape index (κ2) is 10.9. The van der Waals surface area contributed by atoms with Gasteiger partial charge in [0.15, 0.2) is 0 Å². The standard InChI is InChI=1S/C29H24N6O5S/c1-3-22(36)33-19-15-39-14-17(19)12-32-27(37)26-25-24-20(9-10-30-28(24)41-26)35(29(38)34-25)21-13-31-23(11-16(21)2)40-18-7-5-4-6-8-18/h3-11,13,17H,1,12,14-15H2,2H3,(H,32,37)(H,34,38)/t17-/m0/s1. The fourth-order valence-electron chi connectivity index (χ4n) is 4.71. The monoisotopic (exact) mass is 568 g/mol. The number of carbonyl (C=O) groups excluding carboxylic acids is 3. The number of ether oxygens (including phenoxy) is 2. The summed E-state index contributed by atoms with van der Waals surface area (Å²) in [5.41, 5.74) is 2.89. The van der Waals surface area contributed by atoms with Gasteiger partial charge in [-0.15, -0.1) is 11.3 Å². The smallest absolute Gasteiger partial charge is 0.331 e. The molecule has 0 spiro atoms. The Bertz CT molecular complexity index is 1730. The molecule has 1 atom stereocenters. The summed E-state index contributed by atoms with van der Waals surface area (Å²) in [5.74, 6) is -0.00681. The maximum Gasteiger partial charge on any atom is 0.331 e. The summed E-state index contributed by atoms with van der Waals surface area (Å²) in [6.07, 6.45) is 4.32. The molecule has 1 aromatic carbocycles. The first-order valence-corrected chi connectivity index (χ1v) is 13.6. The molecule has 2 N–H and O–H groups in total. The molecule has 206 valence electrons. The van der Waals surface area contributed by atoms with Crippen molar-refractivity contribution in [1.82, 2.24) is 15.3 Å². The number of amides is 4. The number of urea groups is 1. The average Bonchev–Trinajstić information content (AvgIpc) is 3.58. The van der Waals surface area contributed by atoms with Crippen molar-refractivity contribution >= 4 is 62.2 Å². The number of anilines is 3. The molecule has 0 unspecified atom stereocenters. The van der Waals surface area contributed by atoms with E-state index in [1.807, 2.05) is 37.3 Å². The summed E-state index contributed by atoms with van der Waals surface area (Å²) >= 11 is 1.19. The van der Waals surface area contributed by atoms with Crippen LogP contribution >= 0.6 is 11.3 Å². The third kappa shape index (κ3) is 5.06. The lowest BCUT2D eigenvalue weighted by Crippen LogP contribution is -2.36. The number of pyridine rings is 2. The van der Waals surface area contributed by atoms with Crippen molar-refractivity contribution in [3.05, 3.63) is 78.0 Å². The van der Waals surface area contributed by atoms with E-state index < -0.39 is 11.9 Å². The van der Waals surface area contributed by atoms with Crippen LogP contribution in [0.3, 0.4) is 0 Å². The van der Waals surface area contributed by atoms with E-state index in [0.29, 0.717) is 56.1 Å². The highest BCUT2D eigenvalue weighted by molar-refractivity contribution is 7.21. The van der Waals surface area contributed by atoms with Crippen LogP contribution < -0.4 is 20.3 Å². The molecule has 4 aromatic rings. The van der Waals surface area contributed by atoms with Gasteiger partial charge >= 0.3 is 6.03 Å². The quantitative estimate of drug-likeness (QED) is 0.299. The molecule has 1 saturated heterocycles. The molecule has 2 aliphatic rings. The number of aromatic nitrogens is 2. The number of aryl methyl sites for hydroxylation is 1. The summed E-state index contributed by atoms with van der Waals surface area (Å²) in [6.45, 7) is 6.08. The zero-order valence-corrected chi connectivity index (χ0v) is 22.7. The largest absolute Gasteiger partial charge is 0.439 e. The molecule has 4 amide bonds. The van der Waals surface area contributed by atoms with Crippen LogP contribution in [0, 0.1) is 12.8 Å². The Kier molecular flexibility index (Phi) is 7.00. The topological polar surface area (TPSA) is 135 Å². The van der Waals surface area contributed by atoms with Gasteiger partial charge in [0.1, 0.15) is 15.5 Å². The number of benzene rings is 1. The number of nitrogens with zero attached hydrogens (tertiary/aromatic N) is 4. The van der Waals surface area contributed by atoms with Gasteiger partial charge < -0.3 is 20.1 Å². The van der Waals surface area contributed by atoms with Gasteiger partial charge in [0.2, 0.25) is 5.88 Å². The molecule has 0 saturated carbocycles. The fourth-order valence-corrected chi connectivity index (χ4v) is 5.74. The molecule has 0 radical (unpaired) electrons. The second-order valence-electron chi connectivity index (χ2n) is 9.37. The minimum Gasteiger partial charge on any atom is -0.439 e. The third-order valence-corrected chi connectivity index (χ3v) is 7.79. The van der Waals surface area contributed by atoms with E-state index in [0.717, 1.165) is 11.6 Å². The number of aliphatic imine (C=N–C) groups is 1. The molecule has 41 heavy (non-hydrogen) atoms. The van der Waals surface area contributed by atoms with Crippen LogP contribution in [-0.4, -0.2) is 53.3 Å². The number of thiophene rings is 1. The van der Waals surface area contributed by atoms with E-state index in [4.69, 9.17) is 9.47 Å². The van der Waals surface area contributed by atoms with Crippen LogP contribution in [0.4, 0.5) is 21.9 Å². The van der Waals surface area contributed by atoms with Crippen LogP contribution in [0.25, 0.3) is 10.2 Å². The van der Waals surface area contributed by atoms with Crippen molar-refractivity contribution in [3.8, 4) is 11.6 Å². The van der Waals surface area contributed by atoms with Gasteiger partial charge in [-0.25, -0.2) is 19.8 Å². The maximum absolute atomic E-state index is 13.5. The van der Waals surface area contributed by atoms with Crippen molar-refractivity contribution < 1.29 is 23.9 Å². The van der Waals surface area contributed by atoms with Crippen LogP contribution in [0.15, 0.2) is 72.5 Å². The molecule has 2 aliphatic heterocycles. The van der Waals surface area contributed by atoms with Gasteiger partial charge in [-0.05, 0) is 36.8 Å². The highest BCUT2D eigenvalue weighted by atomic mass is 32.1. The zero-order chi connectivity index (χ0) is 28.5. The van der Waals surface area contributed by atoms with E-state index in [9.17, 15) is 14.4 Å². The molecule has 3 aromatic heterocycles. The lowest BCUT2D eigenvalue weighted by Gasteiger charge is -2.29. The molecule has 6 rings (SSSR count). The predicted molar refractivity (Wildman–Crippen MR) is 156 cm³/mol. The van der Waals surface area contributed by atoms with Crippen molar-refractivity contribution in [3.63, 3.8) is 0 Å². The number of hydrogen-bond acceptors (Lipinski definition) is 8. The summed E-state index contributed by atoms with van der Waals surface area (Å²) in [4.78, 5) is 53.7. The van der Waals surface area contributed by atoms with Crippen LogP contribution in [-0.2, 0) is 9.53 Å². The van der Waals surface area contributed by atoms with Crippen molar-refractivity contribution in [2.45, 2.75) is 6.92 Å². The van der Waals surface area contributed by atoms with Crippen molar-refractivity contribution in [2.24, 2.45) is 10.9 Å². The van der Waals surface area contributed by atoms with Crippen LogP contribution in [0.2, 0.25) is 0 Å². The van der Waals surface area contributed by atoms with Gasteiger partial charge in [-0.2, -0.15) is 0 Å². The molecular formula is C29H24N6O5S. The third-order valence-electron chi connectivity index (χ3n) is 6.69. The van der Waals surface area contributed by atoms with E-state index in [1.165, 1.54) is 16.2 Å². The van der Waals surface area contributed by atoms with E-state index >= 15 is 0 Å². The lowest BCUT2D eigenvalue weighted by atomic mass is 10.1. The average molecular weight is 569 g/mol. The Balaban J connectivity index is 1.27. The number of hydrogen-bond donors (Lipinski definition) is 2. The van der Waals surface area contributed by atoms with Gasteiger partial charge in [0, 0.05) is 24.7 Å². The minimum atomic E-state index is -0.453. The summed E-state index contributed by atoms with van der Waals surface area (Å²) in [6, 6.07) is 12.4. The molecule has 5 heterocycles. The SMILES string of the molecule is C=CC(=O)N=C1COC[C@@H]1CNC(=O)c1sc2nccc3c2c1NC(=O)N3c1cnc(Oc2ccccc2)cc1C. The van der Waals surface area contributed by atoms with Crippen molar-refractivity contribution in [2.75, 3.05) is 30.0 Å².